The molecule has 0 radical (unpaired) electrons. The molecule has 0 aliphatic rings. The van der Waals surface area contributed by atoms with Crippen molar-refractivity contribution in [3.8, 4) is 0 Å². The van der Waals surface area contributed by atoms with Gasteiger partial charge in [-0.15, -0.1) is 0 Å². The Labute approximate surface area is 165 Å². The van der Waals surface area contributed by atoms with Crippen molar-refractivity contribution >= 4 is 31.6 Å². The molecule has 28 heavy (non-hydrogen) atoms. The maximum atomic E-state index is 12.9. The molecule has 0 atom stereocenters. The van der Waals surface area contributed by atoms with E-state index in [4.69, 9.17) is 11.6 Å². The van der Waals surface area contributed by atoms with Gasteiger partial charge in [0.25, 0.3) is 0 Å². The third-order valence-electron chi connectivity index (χ3n) is 3.71. The minimum Gasteiger partial charge on any atom is -0.218 e. The van der Waals surface area contributed by atoms with Gasteiger partial charge in [0.05, 0.1) is 21.2 Å². The highest BCUT2D eigenvalue weighted by atomic mass is 35.5. The van der Waals surface area contributed by atoms with Gasteiger partial charge in [-0.2, -0.15) is 13.2 Å². The van der Waals surface area contributed by atoms with Crippen LogP contribution in [0, 0.1) is 0 Å². The first-order valence-corrected chi connectivity index (χ1v) is 11.2. The molecule has 0 aliphatic heterocycles. The first kappa shape index (κ1) is 22.6. The maximum absolute atomic E-state index is 12.9. The number of rotatable bonds is 7. The SMILES string of the molecule is CNS(=O)(=O)Cc1ccc(CNS(=O)(=O)c2ccc(Cl)c(C(F)(F)F)c2)cc1. The molecule has 0 amide bonds. The van der Waals surface area contributed by atoms with E-state index in [-0.39, 0.29) is 12.3 Å². The van der Waals surface area contributed by atoms with E-state index < -0.39 is 41.7 Å². The summed E-state index contributed by atoms with van der Waals surface area (Å²) in [4.78, 5) is -0.569. The van der Waals surface area contributed by atoms with Crippen molar-refractivity contribution in [3.63, 3.8) is 0 Å². The highest BCUT2D eigenvalue weighted by Crippen LogP contribution is 2.35. The van der Waals surface area contributed by atoms with Crippen LogP contribution in [0.3, 0.4) is 0 Å². The quantitative estimate of drug-likeness (QED) is 0.670. The van der Waals surface area contributed by atoms with E-state index in [0.717, 1.165) is 12.1 Å². The lowest BCUT2D eigenvalue weighted by Crippen LogP contribution is -2.24. The summed E-state index contributed by atoms with van der Waals surface area (Å²) in [7, 11) is -6.37. The van der Waals surface area contributed by atoms with E-state index in [2.05, 4.69) is 9.44 Å². The average molecular weight is 457 g/mol. The van der Waals surface area contributed by atoms with Crippen LogP contribution in [0.1, 0.15) is 16.7 Å². The summed E-state index contributed by atoms with van der Waals surface area (Å²) >= 11 is 5.49. The molecule has 0 spiro atoms. The van der Waals surface area contributed by atoms with Gasteiger partial charge in [0.2, 0.25) is 20.0 Å². The zero-order valence-electron chi connectivity index (χ0n) is 14.4. The van der Waals surface area contributed by atoms with Gasteiger partial charge in [-0.3, -0.25) is 0 Å². The molecular weight excluding hydrogens is 441 g/mol. The van der Waals surface area contributed by atoms with Gasteiger partial charge in [-0.1, -0.05) is 35.9 Å². The van der Waals surface area contributed by atoms with E-state index in [1.165, 1.54) is 31.3 Å². The number of benzene rings is 2. The number of hydrogen-bond acceptors (Lipinski definition) is 4. The summed E-state index contributed by atoms with van der Waals surface area (Å²) in [6, 6.07) is 8.39. The Morgan fingerprint density at radius 2 is 1.54 bits per heavy atom. The molecule has 0 saturated carbocycles. The van der Waals surface area contributed by atoms with Crippen LogP contribution in [0.5, 0.6) is 0 Å². The Balaban J connectivity index is 2.14. The molecule has 0 fully saturated rings. The Bertz CT molecular complexity index is 1050. The van der Waals surface area contributed by atoms with Gasteiger partial charge < -0.3 is 0 Å². The minimum absolute atomic E-state index is 0.189. The molecule has 12 heteroatoms. The highest BCUT2D eigenvalue weighted by Gasteiger charge is 2.34. The fourth-order valence-electron chi connectivity index (χ4n) is 2.20. The third-order valence-corrected chi connectivity index (χ3v) is 6.77. The van der Waals surface area contributed by atoms with Gasteiger partial charge in [-0.05, 0) is 36.4 Å². The fourth-order valence-corrected chi connectivity index (χ4v) is 4.24. The Morgan fingerprint density at radius 1 is 0.964 bits per heavy atom. The van der Waals surface area contributed by atoms with E-state index in [9.17, 15) is 30.0 Å². The molecule has 0 bridgehead atoms. The molecule has 2 N–H and O–H groups in total. The van der Waals surface area contributed by atoms with Gasteiger partial charge in [-0.25, -0.2) is 26.3 Å². The van der Waals surface area contributed by atoms with Crippen LogP contribution in [0.2, 0.25) is 5.02 Å². The Morgan fingerprint density at radius 3 is 2.07 bits per heavy atom. The van der Waals surface area contributed by atoms with Crippen LogP contribution in [0.25, 0.3) is 0 Å². The molecule has 2 aromatic carbocycles. The van der Waals surface area contributed by atoms with Crippen molar-refractivity contribution in [2.24, 2.45) is 0 Å². The third kappa shape index (κ3) is 5.92. The average Bonchev–Trinajstić information content (AvgIpc) is 2.60. The lowest BCUT2D eigenvalue weighted by Gasteiger charge is -2.12. The van der Waals surface area contributed by atoms with Crippen LogP contribution in [-0.2, 0) is 38.5 Å². The second-order valence-corrected chi connectivity index (χ2v) is 9.84. The Kier molecular flexibility index (Phi) is 6.77. The number of halogens is 4. The van der Waals surface area contributed by atoms with Crippen LogP contribution >= 0.6 is 11.6 Å². The van der Waals surface area contributed by atoms with Crippen LogP contribution < -0.4 is 9.44 Å². The van der Waals surface area contributed by atoms with Crippen molar-refractivity contribution in [1.82, 2.24) is 9.44 Å². The van der Waals surface area contributed by atoms with Crippen molar-refractivity contribution in [3.05, 3.63) is 64.2 Å². The number of hydrogen-bond donors (Lipinski definition) is 2. The largest absolute Gasteiger partial charge is 0.417 e. The number of nitrogens with one attached hydrogen (secondary N) is 2. The zero-order valence-corrected chi connectivity index (χ0v) is 16.8. The van der Waals surface area contributed by atoms with Crippen molar-refractivity contribution < 1.29 is 30.0 Å². The molecule has 0 aromatic heterocycles. The lowest BCUT2D eigenvalue weighted by atomic mass is 10.1. The summed E-state index contributed by atoms with van der Waals surface area (Å²) in [5.74, 6) is -0.236. The smallest absolute Gasteiger partial charge is 0.218 e. The topological polar surface area (TPSA) is 92.3 Å². The predicted octanol–water partition coefficient (Wildman–Crippen LogP) is 2.89. The molecule has 0 saturated heterocycles. The Hall–Kier alpha value is -1.66. The normalized spacial score (nSPS) is 12.9. The van der Waals surface area contributed by atoms with Crippen molar-refractivity contribution in [1.29, 1.82) is 0 Å². The van der Waals surface area contributed by atoms with Crippen LogP contribution in [-0.4, -0.2) is 23.9 Å². The van der Waals surface area contributed by atoms with Gasteiger partial charge >= 0.3 is 6.18 Å². The van der Waals surface area contributed by atoms with E-state index in [1.54, 1.807) is 0 Å². The molecule has 0 heterocycles. The molecule has 0 unspecified atom stereocenters. The summed E-state index contributed by atoms with van der Waals surface area (Å²) in [5, 5.41) is -0.599. The number of sulfonamides is 2. The summed E-state index contributed by atoms with van der Waals surface area (Å²) in [6.45, 7) is -0.189. The maximum Gasteiger partial charge on any atom is 0.417 e. The molecular formula is C16H16ClF3N2O4S2. The molecule has 6 nitrogen and oxygen atoms in total. The zero-order chi connectivity index (χ0) is 21.2. The van der Waals surface area contributed by atoms with Crippen molar-refractivity contribution in [2.45, 2.75) is 23.4 Å². The van der Waals surface area contributed by atoms with Gasteiger partial charge in [0.1, 0.15) is 0 Å². The first-order chi connectivity index (χ1) is 12.8. The second-order valence-electron chi connectivity index (χ2n) is 5.74. The van der Waals surface area contributed by atoms with Crippen molar-refractivity contribution in [2.75, 3.05) is 7.05 Å². The lowest BCUT2D eigenvalue weighted by molar-refractivity contribution is -0.137. The predicted molar refractivity (Wildman–Crippen MR) is 98.6 cm³/mol. The summed E-state index contributed by atoms with van der Waals surface area (Å²) in [5.41, 5.74) is -0.250. The highest BCUT2D eigenvalue weighted by molar-refractivity contribution is 7.89. The first-order valence-electron chi connectivity index (χ1n) is 7.69. The van der Waals surface area contributed by atoms with E-state index in [1.807, 2.05) is 0 Å². The van der Waals surface area contributed by atoms with Crippen LogP contribution in [0.15, 0.2) is 47.4 Å². The monoisotopic (exact) mass is 456 g/mol. The summed E-state index contributed by atoms with van der Waals surface area (Å²) < 4.78 is 90.6. The second kappa shape index (κ2) is 8.37. The molecule has 154 valence electrons. The standard InChI is InChI=1S/C16H16ClF3N2O4S2/c1-21-27(23,24)10-12-4-2-11(3-5-12)9-22-28(25,26)13-6-7-15(17)14(8-13)16(18,19)20/h2-8,21-22H,9-10H2,1H3. The minimum atomic E-state index is -4.79. The number of alkyl halides is 3. The van der Waals surface area contributed by atoms with E-state index >= 15 is 0 Å². The van der Waals surface area contributed by atoms with Gasteiger partial charge in [0.15, 0.2) is 0 Å². The molecule has 2 aromatic rings. The fraction of sp³-hybridized carbons (Fsp3) is 0.250. The van der Waals surface area contributed by atoms with E-state index in [0.29, 0.717) is 17.2 Å². The van der Waals surface area contributed by atoms with Crippen LogP contribution in [0.4, 0.5) is 13.2 Å². The molecule has 0 aliphatic carbocycles. The molecule has 2 rings (SSSR count). The summed E-state index contributed by atoms with van der Waals surface area (Å²) in [6.07, 6.45) is -4.79. The van der Waals surface area contributed by atoms with Gasteiger partial charge in [0, 0.05) is 6.54 Å².